The number of aromatic nitrogens is 4. The third-order valence-electron chi connectivity index (χ3n) is 2.86. The summed E-state index contributed by atoms with van der Waals surface area (Å²) in [4.78, 5) is 35.9. The van der Waals surface area contributed by atoms with E-state index in [1.807, 2.05) is 6.92 Å². The fourth-order valence-corrected chi connectivity index (χ4v) is 1.80. The van der Waals surface area contributed by atoms with Crippen molar-refractivity contribution >= 4 is 5.91 Å². The summed E-state index contributed by atoms with van der Waals surface area (Å²) >= 11 is 0. The molecule has 2 aromatic rings. The maximum atomic E-state index is 12.2. The molecule has 0 bridgehead atoms. The molecule has 112 valence electrons. The molecule has 0 saturated carbocycles. The summed E-state index contributed by atoms with van der Waals surface area (Å²) in [6.45, 7) is 3.80. The molecule has 2 aromatic heterocycles. The van der Waals surface area contributed by atoms with E-state index in [0.717, 1.165) is 12.8 Å². The van der Waals surface area contributed by atoms with Crippen molar-refractivity contribution in [3.05, 3.63) is 39.7 Å². The molecule has 0 aliphatic carbocycles. The van der Waals surface area contributed by atoms with Crippen molar-refractivity contribution in [1.82, 2.24) is 25.0 Å². The molecule has 0 saturated heterocycles. The van der Waals surface area contributed by atoms with E-state index in [-0.39, 0.29) is 12.1 Å². The average molecular weight is 291 g/mol. The summed E-state index contributed by atoms with van der Waals surface area (Å²) in [5.41, 5.74) is -0.479. The van der Waals surface area contributed by atoms with E-state index in [2.05, 4.69) is 20.1 Å². The van der Waals surface area contributed by atoms with Crippen LogP contribution in [-0.2, 0) is 13.0 Å². The topological polar surface area (TPSA) is 105 Å². The molecule has 0 radical (unpaired) electrons. The van der Waals surface area contributed by atoms with Crippen molar-refractivity contribution in [2.75, 3.05) is 7.05 Å². The lowest BCUT2D eigenvalue weighted by Gasteiger charge is -2.13. The van der Waals surface area contributed by atoms with E-state index in [1.54, 1.807) is 14.0 Å². The molecule has 8 heteroatoms. The van der Waals surface area contributed by atoms with Crippen molar-refractivity contribution in [3.63, 3.8) is 0 Å². The van der Waals surface area contributed by atoms with Gasteiger partial charge in [-0.05, 0) is 13.3 Å². The third-order valence-corrected chi connectivity index (χ3v) is 2.86. The molecule has 0 aromatic carbocycles. The van der Waals surface area contributed by atoms with Gasteiger partial charge in [-0.3, -0.25) is 9.59 Å². The summed E-state index contributed by atoms with van der Waals surface area (Å²) in [6, 6.07) is 0. The van der Waals surface area contributed by atoms with E-state index in [0.29, 0.717) is 17.5 Å². The summed E-state index contributed by atoms with van der Waals surface area (Å²) in [6.07, 6.45) is 2.91. The summed E-state index contributed by atoms with van der Waals surface area (Å²) in [5, 5.41) is 3.82. The van der Waals surface area contributed by atoms with E-state index < -0.39 is 11.5 Å². The Hall–Kier alpha value is -2.51. The van der Waals surface area contributed by atoms with Crippen LogP contribution >= 0.6 is 0 Å². The van der Waals surface area contributed by atoms with Gasteiger partial charge in [-0.2, -0.15) is 4.98 Å². The van der Waals surface area contributed by atoms with E-state index in [9.17, 15) is 9.59 Å². The monoisotopic (exact) mass is 291 g/mol. The van der Waals surface area contributed by atoms with E-state index >= 15 is 0 Å². The number of nitrogens with one attached hydrogen (secondary N) is 1. The van der Waals surface area contributed by atoms with Crippen LogP contribution in [0.5, 0.6) is 0 Å². The van der Waals surface area contributed by atoms with Gasteiger partial charge in [-0.15, -0.1) is 0 Å². The molecule has 1 amide bonds. The number of aryl methyl sites for hydroxylation is 2. The van der Waals surface area contributed by atoms with Crippen molar-refractivity contribution in [2.24, 2.45) is 0 Å². The Kier molecular flexibility index (Phi) is 4.46. The van der Waals surface area contributed by atoms with E-state index in [1.165, 1.54) is 11.1 Å². The van der Waals surface area contributed by atoms with E-state index in [4.69, 9.17) is 4.52 Å². The first-order chi connectivity index (χ1) is 10.0. The fourth-order valence-electron chi connectivity index (χ4n) is 1.80. The number of carbonyl (C=O) groups is 1. The molecule has 0 aliphatic rings. The second kappa shape index (κ2) is 6.29. The number of carbonyl (C=O) groups excluding carboxylic acids is 1. The predicted molar refractivity (Wildman–Crippen MR) is 73.7 cm³/mol. The Balaban J connectivity index is 2.09. The van der Waals surface area contributed by atoms with Gasteiger partial charge in [0.2, 0.25) is 5.89 Å². The molecular formula is C13H17N5O3. The molecule has 2 heterocycles. The van der Waals surface area contributed by atoms with Crippen LogP contribution in [0.25, 0.3) is 0 Å². The second-order valence-corrected chi connectivity index (χ2v) is 4.73. The number of amides is 1. The van der Waals surface area contributed by atoms with Gasteiger partial charge >= 0.3 is 0 Å². The highest BCUT2D eigenvalue weighted by atomic mass is 16.5. The Morgan fingerprint density at radius 2 is 2.24 bits per heavy atom. The summed E-state index contributed by atoms with van der Waals surface area (Å²) in [5.74, 6) is 0.966. The summed E-state index contributed by atoms with van der Waals surface area (Å²) < 4.78 is 5.07. The molecule has 21 heavy (non-hydrogen) atoms. The lowest BCUT2D eigenvalue weighted by atomic mass is 10.3. The number of rotatable bonds is 5. The zero-order valence-corrected chi connectivity index (χ0v) is 12.2. The van der Waals surface area contributed by atoms with Gasteiger partial charge in [0.15, 0.2) is 5.82 Å². The molecule has 0 aliphatic heterocycles. The Labute approximate surface area is 121 Å². The van der Waals surface area contributed by atoms with Crippen molar-refractivity contribution in [1.29, 1.82) is 0 Å². The van der Waals surface area contributed by atoms with Crippen LogP contribution in [-0.4, -0.2) is 38.0 Å². The van der Waals surface area contributed by atoms with Crippen LogP contribution in [0, 0.1) is 6.92 Å². The maximum absolute atomic E-state index is 12.2. The van der Waals surface area contributed by atoms with Gasteiger partial charge in [-0.25, -0.2) is 4.98 Å². The number of H-pyrrole nitrogens is 1. The predicted octanol–water partition coefficient (Wildman–Crippen LogP) is 0.686. The largest absolute Gasteiger partial charge is 0.337 e. The average Bonchev–Trinajstić information content (AvgIpc) is 2.86. The highest BCUT2D eigenvalue weighted by Crippen LogP contribution is 2.05. The summed E-state index contributed by atoms with van der Waals surface area (Å²) in [7, 11) is 1.56. The molecular weight excluding hydrogens is 274 g/mol. The number of nitrogens with zero attached hydrogens (tertiary/aromatic N) is 4. The zero-order valence-electron chi connectivity index (χ0n) is 12.2. The zero-order chi connectivity index (χ0) is 15.4. The molecule has 0 fully saturated rings. The minimum atomic E-state index is -0.462. The van der Waals surface area contributed by atoms with Gasteiger partial charge in [0, 0.05) is 19.7 Å². The van der Waals surface area contributed by atoms with Crippen molar-refractivity contribution < 1.29 is 9.32 Å². The molecule has 0 spiro atoms. The number of hydrogen-bond acceptors (Lipinski definition) is 6. The Bertz CT molecular complexity index is 691. The lowest BCUT2D eigenvalue weighted by Crippen LogP contribution is -2.32. The number of hydrogen-bond donors (Lipinski definition) is 1. The van der Waals surface area contributed by atoms with Gasteiger partial charge in [0.25, 0.3) is 11.5 Å². The highest BCUT2D eigenvalue weighted by Gasteiger charge is 2.18. The van der Waals surface area contributed by atoms with Gasteiger partial charge in [0.05, 0.1) is 6.54 Å². The molecule has 0 atom stereocenters. The third kappa shape index (κ3) is 3.53. The normalized spacial score (nSPS) is 10.6. The van der Waals surface area contributed by atoms with Crippen LogP contribution in [0.4, 0.5) is 0 Å². The van der Waals surface area contributed by atoms with Crippen LogP contribution in [0.1, 0.15) is 41.2 Å². The Morgan fingerprint density at radius 1 is 1.48 bits per heavy atom. The molecule has 8 nitrogen and oxygen atoms in total. The minimum Gasteiger partial charge on any atom is -0.337 e. The van der Waals surface area contributed by atoms with Gasteiger partial charge in [0.1, 0.15) is 11.4 Å². The van der Waals surface area contributed by atoms with Crippen molar-refractivity contribution in [3.8, 4) is 0 Å². The second-order valence-electron chi connectivity index (χ2n) is 4.73. The highest BCUT2D eigenvalue weighted by molar-refractivity contribution is 5.93. The van der Waals surface area contributed by atoms with Crippen LogP contribution in [0.2, 0.25) is 0 Å². The first-order valence-corrected chi connectivity index (χ1v) is 6.64. The Morgan fingerprint density at radius 3 is 2.90 bits per heavy atom. The SMILES string of the molecule is CCCc1noc(CN(C)C(=O)c2cnc(C)[nH]c2=O)n1. The van der Waals surface area contributed by atoms with Crippen LogP contribution < -0.4 is 5.56 Å². The fraction of sp³-hybridized carbons (Fsp3) is 0.462. The maximum Gasteiger partial charge on any atom is 0.263 e. The first-order valence-electron chi connectivity index (χ1n) is 6.64. The lowest BCUT2D eigenvalue weighted by molar-refractivity contribution is 0.0767. The van der Waals surface area contributed by atoms with Crippen molar-refractivity contribution in [2.45, 2.75) is 33.2 Å². The minimum absolute atomic E-state index is 0.0172. The molecule has 1 N–H and O–H groups in total. The van der Waals surface area contributed by atoms with Gasteiger partial charge in [-0.1, -0.05) is 12.1 Å². The quantitative estimate of drug-likeness (QED) is 0.868. The van der Waals surface area contributed by atoms with Crippen LogP contribution in [0.15, 0.2) is 15.5 Å². The van der Waals surface area contributed by atoms with Crippen LogP contribution in [0.3, 0.4) is 0 Å². The molecule has 2 rings (SSSR count). The smallest absolute Gasteiger partial charge is 0.263 e. The van der Waals surface area contributed by atoms with Gasteiger partial charge < -0.3 is 14.4 Å². The molecule has 0 unspecified atom stereocenters. The first kappa shape index (κ1) is 14.9. The standard InChI is InChI=1S/C13H17N5O3/c1-4-5-10-16-11(21-17-10)7-18(3)13(20)9-6-14-8(2)15-12(9)19/h6H,4-5,7H2,1-3H3,(H,14,15,19). The number of aromatic amines is 1.